The van der Waals surface area contributed by atoms with Crippen molar-refractivity contribution in [1.82, 2.24) is 0 Å². The summed E-state index contributed by atoms with van der Waals surface area (Å²) < 4.78 is 3.21. The molecule has 10 heteroatoms. The van der Waals surface area contributed by atoms with Gasteiger partial charge in [-0.15, -0.1) is 23.2 Å². The number of hydrogen-bond donors (Lipinski definition) is 0. The smallest absolute Gasteiger partial charge is 0.240 e. The lowest BCUT2D eigenvalue weighted by Gasteiger charge is -2.34. The number of anilines is 1. The van der Waals surface area contributed by atoms with Crippen LogP contribution >= 0.6 is 69.6 Å². The van der Waals surface area contributed by atoms with E-state index in [-0.39, 0.29) is 10.1 Å². The van der Waals surface area contributed by atoms with E-state index in [1.807, 2.05) is 0 Å². The topological polar surface area (TPSA) is 46.6 Å². The number of nitrogens with zero attached hydrogens (tertiary/aromatic N) is 1. The summed E-state index contributed by atoms with van der Waals surface area (Å²) in [5.74, 6) is -3.02. The first-order chi connectivity index (χ1) is 12.0. The van der Waals surface area contributed by atoms with Gasteiger partial charge in [-0.05, 0) is 12.1 Å². The summed E-state index contributed by atoms with van der Waals surface area (Å²) in [5.41, 5.74) is 0.315. The first-order valence-electron chi connectivity index (χ1n) is 7.38. The van der Waals surface area contributed by atoms with E-state index in [4.69, 9.17) is 74.3 Å². The minimum atomic E-state index is -1.93. The Labute approximate surface area is 178 Å². The van der Waals surface area contributed by atoms with Crippen LogP contribution in [0.4, 0.5) is 5.69 Å². The molecule has 1 heterocycles. The summed E-state index contributed by atoms with van der Waals surface area (Å²) in [7, 11) is 1.47. The molecule has 2 amide bonds. The fraction of sp³-hybridized carbons (Fsp3) is 0.375. The SMILES string of the molecule is COc1cccc(N2C(=O)[C@@H]3[C@H](C2=O)[C@]2(Cl)C(Cl)=C(Cl)[C@@]3(Cl)C2(Cl)Cl)c1. The highest BCUT2D eigenvalue weighted by atomic mass is 35.5. The number of amides is 2. The molecule has 0 radical (unpaired) electrons. The van der Waals surface area contributed by atoms with Gasteiger partial charge in [0.2, 0.25) is 11.8 Å². The Morgan fingerprint density at radius 3 is 1.92 bits per heavy atom. The van der Waals surface area contributed by atoms with Crippen LogP contribution in [0.25, 0.3) is 0 Å². The van der Waals surface area contributed by atoms with Crippen LogP contribution in [-0.4, -0.2) is 33.0 Å². The summed E-state index contributed by atoms with van der Waals surface area (Å²) in [4.78, 5) is 23.7. The van der Waals surface area contributed by atoms with E-state index in [9.17, 15) is 9.59 Å². The van der Waals surface area contributed by atoms with Gasteiger partial charge in [0, 0.05) is 6.07 Å². The lowest BCUT2D eigenvalue weighted by atomic mass is 9.84. The van der Waals surface area contributed by atoms with Crippen molar-refractivity contribution in [3.05, 3.63) is 34.3 Å². The van der Waals surface area contributed by atoms with E-state index in [1.165, 1.54) is 7.11 Å². The van der Waals surface area contributed by atoms with Crippen LogP contribution in [0.3, 0.4) is 0 Å². The normalized spacial score (nSPS) is 37.6. The van der Waals surface area contributed by atoms with Crippen LogP contribution in [0, 0.1) is 11.8 Å². The number of halogens is 6. The largest absolute Gasteiger partial charge is 0.497 e. The van der Waals surface area contributed by atoms with Crippen molar-refractivity contribution >= 4 is 87.1 Å². The third-order valence-corrected chi connectivity index (χ3v) is 9.48. The molecule has 26 heavy (non-hydrogen) atoms. The van der Waals surface area contributed by atoms with Crippen LogP contribution in [0.2, 0.25) is 0 Å². The van der Waals surface area contributed by atoms with Crippen LogP contribution < -0.4 is 9.64 Å². The number of allylic oxidation sites excluding steroid dienone is 2. The van der Waals surface area contributed by atoms with Gasteiger partial charge in [-0.25, -0.2) is 4.90 Å². The lowest BCUT2D eigenvalue weighted by molar-refractivity contribution is -0.123. The first kappa shape index (κ1) is 19.0. The molecule has 1 saturated heterocycles. The second-order valence-electron chi connectivity index (χ2n) is 6.29. The molecule has 4 atom stereocenters. The highest BCUT2D eigenvalue weighted by Gasteiger charge is 2.87. The standard InChI is InChI=1S/C16H9Cl6NO3/c1-26-7-4-2-3-6(5-7)23-12(24)8-9(13(23)25)15(20)11(18)10(17)14(8,19)16(15,21)22/h2-5,8-9H,1H3/t8-,9+,14+,15-. The maximum absolute atomic E-state index is 13.2. The zero-order valence-electron chi connectivity index (χ0n) is 12.9. The third-order valence-electron chi connectivity index (χ3n) is 5.22. The summed E-state index contributed by atoms with van der Waals surface area (Å²) in [5, 5.41) is -0.230. The van der Waals surface area contributed by atoms with Crippen molar-refractivity contribution < 1.29 is 14.3 Å². The van der Waals surface area contributed by atoms with Crippen LogP contribution in [0.5, 0.6) is 5.75 Å². The number of carbonyl (C=O) groups excluding carboxylic acids is 2. The van der Waals surface area contributed by atoms with Crippen LogP contribution in [0.15, 0.2) is 34.3 Å². The maximum Gasteiger partial charge on any atom is 0.240 e. The number of methoxy groups -OCH3 is 1. The Hall–Kier alpha value is -0.360. The van der Waals surface area contributed by atoms with E-state index in [0.29, 0.717) is 11.4 Å². The molecule has 138 valence electrons. The average molecular weight is 476 g/mol. The molecule has 4 nitrogen and oxygen atoms in total. The van der Waals surface area contributed by atoms with E-state index in [0.717, 1.165) is 4.90 Å². The van der Waals surface area contributed by atoms with Gasteiger partial charge in [0.15, 0.2) is 4.33 Å². The number of carbonyl (C=O) groups is 2. The van der Waals surface area contributed by atoms with Crippen molar-refractivity contribution in [2.75, 3.05) is 12.0 Å². The fourth-order valence-electron chi connectivity index (χ4n) is 4.00. The number of rotatable bonds is 2. The monoisotopic (exact) mass is 473 g/mol. The number of ether oxygens (including phenoxy) is 1. The van der Waals surface area contributed by atoms with E-state index >= 15 is 0 Å². The van der Waals surface area contributed by atoms with Gasteiger partial charge in [-0.3, -0.25) is 9.59 Å². The number of alkyl halides is 4. The lowest BCUT2D eigenvalue weighted by Crippen LogP contribution is -2.50. The highest BCUT2D eigenvalue weighted by molar-refractivity contribution is 6.67. The highest BCUT2D eigenvalue weighted by Crippen LogP contribution is 2.77. The first-order valence-corrected chi connectivity index (χ1v) is 9.65. The molecule has 1 aromatic rings. The molecule has 1 saturated carbocycles. The van der Waals surface area contributed by atoms with Crippen LogP contribution in [0.1, 0.15) is 0 Å². The summed E-state index contributed by atoms with van der Waals surface area (Å²) in [6, 6.07) is 6.47. The van der Waals surface area contributed by atoms with Crippen molar-refractivity contribution in [3.8, 4) is 5.75 Å². The van der Waals surface area contributed by atoms with E-state index < -0.39 is 37.7 Å². The molecule has 0 spiro atoms. The summed E-state index contributed by atoms with van der Waals surface area (Å²) in [6.45, 7) is 0. The number of fused-ring (bicyclic) bond motifs is 5. The number of hydrogen-bond acceptors (Lipinski definition) is 3. The summed E-state index contributed by atoms with van der Waals surface area (Å²) >= 11 is 38.7. The van der Waals surface area contributed by atoms with Gasteiger partial charge in [0.05, 0.1) is 34.7 Å². The molecular formula is C16H9Cl6NO3. The Balaban J connectivity index is 1.89. The van der Waals surface area contributed by atoms with Crippen molar-refractivity contribution in [3.63, 3.8) is 0 Å². The van der Waals surface area contributed by atoms with Gasteiger partial charge >= 0.3 is 0 Å². The third kappa shape index (κ3) is 1.82. The molecule has 2 aliphatic carbocycles. The molecule has 0 N–H and O–H groups in total. The molecule has 0 aromatic heterocycles. The Bertz CT molecular complexity index is 856. The molecule has 1 aromatic carbocycles. The van der Waals surface area contributed by atoms with Gasteiger partial charge in [0.1, 0.15) is 15.5 Å². The maximum atomic E-state index is 13.2. The van der Waals surface area contributed by atoms with Crippen molar-refractivity contribution in [1.29, 1.82) is 0 Å². The molecule has 0 unspecified atom stereocenters. The van der Waals surface area contributed by atoms with Gasteiger partial charge in [0.25, 0.3) is 0 Å². The Morgan fingerprint density at radius 2 is 1.46 bits per heavy atom. The molecule has 2 fully saturated rings. The quantitative estimate of drug-likeness (QED) is 0.462. The zero-order valence-corrected chi connectivity index (χ0v) is 17.4. The predicted molar refractivity (Wildman–Crippen MR) is 103 cm³/mol. The van der Waals surface area contributed by atoms with Crippen molar-refractivity contribution in [2.45, 2.75) is 14.1 Å². The number of benzene rings is 1. The van der Waals surface area contributed by atoms with Crippen LogP contribution in [-0.2, 0) is 9.59 Å². The Morgan fingerprint density at radius 1 is 0.962 bits per heavy atom. The molecular weight excluding hydrogens is 467 g/mol. The summed E-state index contributed by atoms with van der Waals surface area (Å²) in [6.07, 6.45) is 0. The minimum Gasteiger partial charge on any atom is -0.497 e. The predicted octanol–water partition coefficient (Wildman–Crippen LogP) is 4.65. The molecule has 1 aliphatic heterocycles. The second-order valence-corrected chi connectivity index (χ2v) is 9.57. The minimum absolute atomic E-state index is 0.115. The Kier molecular flexibility index (Phi) is 4.08. The van der Waals surface area contributed by atoms with E-state index in [1.54, 1.807) is 24.3 Å². The van der Waals surface area contributed by atoms with Gasteiger partial charge in [-0.2, -0.15) is 0 Å². The molecule has 3 aliphatic rings. The second kappa shape index (κ2) is 5.59. The van der Waals surface area contributed by atoms with Crippen molar-refractivity contribution in [2.24, 2.45) is 11.8 Å². The zero-order chi connectivity index (χ0) is 19.2. The van der Waals surface area contributed by atoms with E-state index in [2.05, 4.69) is 0 Å². The average Bonchev–Trinajstić information content (AvgIpc) is 2.99. The fourth-order valence-corrected chi connectivity index (χ4v) is 6.93. The molecule has 4 rings (SSSR count). The van der Waals surface area contributed by atoms with Gasteiger partial charge < -0.3 is 4.74 Å². The molecule has 2 bridgehead atoms. The van der Waals surface area contributed by atoms with Gasteiger partial charge in [-0.1, -0.05) is 52.5 Å². The number of imide groups is 1.